The van der Waals surface area contributed by atoms with Gasteiger partial charge >= 0.3 is 0 Å². The lowest BCUT2D eigenvalue weighted by Crippen LogP contribution is -2.28. The standard InChI is InChI=1S/C24H26ClN9O3/c1-24(2,3)18-7-19(31-34(18)14-11-36-12-15(14)35)29-23-30-22-21(32(23)4)20(25)17(9-27-22)37-16-10-28-33-6-5-26-8-13(16)33/h5-10,14-15,35H,11-12H2,1-4H3,(H,27,29,30,31)/t14-,15-/m1/s1. The molecule has 1 fully saturated rings. The Hall–Kier alpha value is -3.74. The summed E-state index contributed by atoms with van der Waals surface area (Å²) in [6.07, 6.45) is 7.56. The van der Waals surface area contributed by atoms with Crippen LogP contribution < -0.4 is 10.1 Å². The maximum Gasteiger partial charge on any atom is 0.210 e. The highest BCUT2D eigenvalue weighted by Gasteiger charge is 2.33. The van der Waals surface area contributed by atoms with Crippen molar-refractivity contribution in [2.24, 2.45) is 7.05 Å². The van der Waals surface area contributed by atoms with Crippen molar-refractivity contribution in [2.45, 2.75) is 38.3 Å². The molecule has 0 aliphatic carbocycles. The van der Waals surface area contributed by atoms with Crippen LogP contribution in [0.2, 0.25) is 5.02 Å². The van der Waals surface area contributed by atoms with Gasteiger partial charge < -0.3 is 24.5 Å². The minimum atomic E-state index is -0.616. The van der Waals surface area contributed by atoms with E-state index in [-0.39, 0.29) is 11.5 Å². The van der Waals surface area contributed by atoms with Gasteiger partial charge in [0.1, 0.15) is 28.2 Å². The molecule has 192 valence electrons. The summed E-state index contributed by atoms with van der Waals surface area (Å²) in [5.41, 5.74) is 2.53. The number of aliphatic hydroxyl groups is 1. The van der Waals surface area contributed by atoms with E-state index in [1.807, 2.05) is 17.8 Å². The number of anilines is 2. The average molecular weight is 524 g/mol. The molecule has 37 heavy (non-hydrogen) atoms. The van der Waals surface area contributed by atoms with E-state index in [2.05, 4.69) is 46.1 Å². The molecular weight excluding hydrogens is 498 g/mol. The first-order chi connectivity index (χ1) is 17.7. The minimum Gasteiger partial charge on any atom is -0.450 e. The van der Waals surface area contributed by atoms with Crippen molar-refractivity contribution in [1.82, 2.24) is 38.9 Å². The molecule has 5 aromatic rings. The van der Waals surface area contributed by atoms with E-state index in [1.54, 1.807) is 33.9 Å². The maximum atomic E-state index is 10.4. The fourth-order valence-corrected chi connectivity index (χ4v) is 4.75. The van der Waals surface area contributed by atoms with Crippen molar-refractivity contribution in [2.75, 3.05) is 18.5 Å². The zero-order valence-corrected chi connectivity index (χ0v) is 21.5. The van der Waals surface area contributed by atoms with Crippen LogP contribution in [0.5, 0.6) is 11.5 Å². The quantitative estimate of drug-likeness (QED) is 0.354. The Bertz CT molecular complexity index is 1620. The van der Waals surface area contributed by atoms with Crippen molar-refractivity contribution in [3.05, 3.63) is 47.8 Å². The Balaban J connectivity index is 1.34. The molecule has 1 aliphatic rings. The summed E-state index contributed by atoms with van der Waals surface area (Å²) in [6, 6.07) is 1.71. The molecule has 5 aromatic heterocycles. The highest BCUT2D eigenvalue weighted by molar-refractivity contribution is 6.36. The molecule has 0 aromatic carbocycles. The monoisotopic (exact) mass is 523 g/mol. The van der Waals surface area contributed by atoms with E-state index >= 15 is 0 Å². The molecular formula is C24H26ClN9O3. The summed E-state index contributed by atoms with van der Waals surface area (Å²) in [5.74, 6) is 1.98. The second-order valence-corrected chi connectivity index (χ2v) is 10.4. The summed E-state index contributed by atoms with van der Waals surface area (Å²) in [6.45, 7) is 7.01. The van der Waals surface area contributed by atoms with Crippen LogP contribution in [-0.4, -0.2) is 63.3 Å². The van der Waals surface area contributed by atoms with Crippen LogP contribution in [0.4, 0.5) is 11.8 Å². The molecule has 13 heteroatoms. The molecule has 1 saturated heterocycles. The number of hydrogen-bond donors (Lipinski definition) is 2. The third kappa shape index (κ3) is 4.06. The Morgan fingerprint density at radius 3 is 2.78 bits per heavy atom. The number of aromatic nitrogens is 8. The van der Waals surface area contributed by atoms with E-state index in [4.69, 9.17) is 26.2 Å². The van der Waals surface area contributed by atoms with Gasteiger partial charge in [0.25, 0.3) is 0 Å². The lowest BCUT2D eigenvalue weighted by atomic mass is 9.91. The summed E-state index contributed by atoms with van der Waals surface area (Å²) in [4.78, 5) is 13.2. The first-order valence-electron chi connectivity index (χ1n) is 11.8. The highest BCUT2D eigenvalue weighted by Crippen LogP contribution is 2.37. The first kappa shape index (κ1) is 23.6. The van der Waals surface area contributed by atoms with Gasteiger partial charge in [-0.2, -0.15) is 15.2 Å². The molecule has 6 heterocycles. The van der Waals surface area contributed by atoms with Crippen molar-refractivity contribution in [1.29, 1.82) is 0 Å². The van der Waals surface area contributed by atoms with E-state index in [0.29, 0.717) is 58.2 Å². The molecule has 0 spiro atoms. The molecule has 0 saturated carbocycles. The van der Waals surface area contributed by atoms with Crippen molar-refractivity contribution in [3.63, 3.8) is 0 Å². The zero-order valence-electron chi connectivity index (χ0n) is 20.8. The van der Waals surface area contributed by atoms with E-state index < -0.39 is 6.10 Å². The molecule has 0 unspecified atom stereocenters. The van der Waals surface area contributed by atoms with Crippen molar-refractivity contribution < 1.29 is 14.6 Å². The smallest absolute Gasteiger partial charge is 0.210 e. The maximum absolute atomic E-state index is 10.4. The van der Waals surface area contributed by atoms with Crippen LogP contribution in [0.1, 0.15) is 32.5 Å². The fourth-order valence-electron chi connectivity index (χ4n) is 4.45. The second kappa shape index (κ2) is 8.68. The summed E-state index contributed by atoms with van der Waals surface area (Å²) >= 11 is 6.76. The van der Waals surface area contributed by atoms with Gasteiger partial charge in [0.15, 0.2) is 23.0 Å². The van der Waals surface area contributed by atoms with Crippen LogP contribution >= 0.6 is 11.6 Å². The largest absolute Gasteiger partial charge is 0.450 e. The molecule has 12 nitrogen and oxygen atoms in total. The van der Waals surface area contributed by atoms with Crippen LogP contribution in [0.25, 0.3) is 16.7 Å². The predicted molar refractivity (Wildman–Crippen MR) is 137 cm³/mol. The molecule has 1 aliphatic heterocycles. The number of aryl methyl sites for hydroxylation is 1. The number of ether oxygens (including phenoxy) is 2. The van der Waals surface area contributed by atoms with Crippen LogP contribution in [0.15, 0.2) is 37.1 Å². The van der Waals surface area contributed by atoms with Crippen LogP contribution in [0, 0.1) is 0 Å². The molecule has 0 bridgehead atoms. The Morgan fingerprint density at radius 1 is 1.19 bits per heavy atom. The SMILES string of the molecule is Cn1c(Nc2cc(C(C)(C)C)n([C@@H]3COC[C@H]3O)n2)nc2ncc(Oc3cnn4ccncc34)c(Cl)c21. The Kier molecular flexibility index (Phi) is 5.55. The third-order valence-electron chi connectivity index (χ3n) is 6.39. The highest BCUT2D eigenvalue weighted by atomic mass is 35.5. The Morgan fingerprint density at radius 2 is 2.03 bits per heavy atom. The Labute approximate surface area is 216 Å². The first-order valence-corrected chi connectivity index (χ1v) is 12.2. The number of halogens is 1. The molecule has 0 radical (unpaired) electrons. The summed E-state index contributed by atoms with van der Waals surface area (Å²) in [5, 5.41) is 23.1. The van der Waals surface area contributed by atoms with Gasteiger partial charge in [-0.15, -0.1) is 0 Å². The summed E-state index contributed by atoms with van der Waals surface area (Å²) in [7, 11) is 1.84. The van der Waals surface area contributed by atoms with E-state index in [0.717, 1.165) is 5.69 Å². The number of pyridine rings is 1. The van der Waals surface area contributed by atoms with Gasteiger partial charge in [-0.3, -0.25) is 9.67 Å². The summed E-state index contributed by atoms with van der Waals surface area (Å²) < 4.78 is 16.8. The third-order valence-corrected chi connectivity index (χ3v) is 6.76. The van der Waals surface area contributed by atoms with Gasteiger partial charge in [-0.25, -0.2) is 9.50 Å². The normalized spacial score (nSPS) is 18.2. The predicted octanol–water partition coefficient (Wildman–Crippen LogP) is 3.63. The molecule has 2 N–H and O–H groups in total. The number of nitrogens with one attached hydrogen (secondary N) is 1. The number of imidazole rings is 1. The second-order valence-electron chi connectivity index (χ2n) is 10.0. The number of aliphatic hydroxyl groups excluding tert-OH is 1. The minimum absolute atomic E-state index is 0.202. The number of fused-ring (bicyclic) bond motifs is 2. The molecule has 6 rings (SSSR count). The lowest BCUT2D eigenvalue weighted by molar-refractivity contribution is 0.117. The van der Waals surface area contributed by atoms with E-state index in [1.165, 1.54) is 6.20 Å². The number of rotatable bonds is 5. The lowest BCUT2D eigenvalue weighted by Gasteiger charge is -2.24. The molecule has 0 amide bonds. The topological polar surface area (TPSA) is 129 Å². The fraction of sp³-hybridized carbons (Fsp3) is 0.375. The van der Waals surface area contributed by atoms with Crippen LogP contribution in [-0.2, 0) is 17.2 Å². The van der Waals surface area contributed by atoms with Gasteiger partial charge in [0, 0.05) is 36.6 Å². The van der Waals surface area contributed by atoms with Gasteiger partial charge in [0.2, 0.25) is 5.95 Å². The molecule has 2 atom stereocenters. The van der Waals surface area contributed by atoms with Crippen molar-refractivity contribution >= 4 is 40.0 Å². The van der Waals surface area contributed by atoms with Gasteiger partial charge in [-0.1, -0.05) is 32.4 Å². The van der Waals surface area contributed by atoms with Crippen LogP contribution in [0.3, 0.4) is 0 Å². The van der Waals surface area contributed by atoms with E-state index in [9.17, 15) is 5.11 Å². The number of nitrogens with zero attached hydrogens (tertiary/aromatic N) is 8. The van der Waals surface area contributed by atoms with Gasteiger partial charge in [-0.05, 0) is 0 Å². The number of hydrogen-bond acceptors (Lipinski definition) is 9. The van der Waals surface area contributed by atoms with Crippen molar-refractivity contribution in [3.8, 4) is 11.5 Å². The van der Waals surface area contributed by atoms with Gasteiger partial charge in [0.05, 0.1) is 31.8 Å². The average Bonchev–Trinajstić information content (AvgIpc) is 3.63. The zero-order chi connectivity index (χ0) is 25.9.